The van der Waals surface area contributed by atoms with Crippen LogP contribution in [-0.2, 0) is 0 Å². The van der Waals surface area contributed by atoms with Gasteiger partial charge in [-0.15, -0.1) is 0 Å². The number of benzene rings is 1. The van der Waals surface area contributed by atoms with Gasteiger partial charge in [0.05, 0.1) is 11.8 Å². The molecule has 0 radical (unpaired) electrons. The summed E-state index contributed by atoms with van der Waals surface area (Å²) < 4.78 is 5.10. The first kappa shape index (κ1) is 10.2. The van der Waals surface area contributed by atoms with E-state index < -0.39 is 5.97 Å². The van der Waals surface area contributed by atoms with Crippen molar-refractivity contribution < 1.29 is 9.53 Å². The number of nitrogens with zero attached hydrogens (tertiary/aromatic N) is 1. The van der Waals surface area contributed by atoms with Crippen molar-refractivity contribution in [2.75, 3.05) is 5.73 Å². The summed E-state index contributed by atoms with van der Waals surface area (Å²) in [5.41, 5.74) is 6.58. The molecule has 0 amide bonds. The standard InChI is InChI=1S/C12H10N2O2/c13-10-5-3-9(4-6-10)12(15)16-11-2-1-7-14-8-11/h1-8H,13H2. The zero-order valence-electron chi connectivity index (χ0n) is 8.46. The third kappa shape index (κ3) is 2.36. The molecule has 0 atom stereocenters. The molecule has 1 aromatic carbocycles. The Labute approximate surface area is 92.7 Å². The Morgan fingerprint density at radius 3 is 2.56 bits per heavy atom. The molecule has 0 saturated carbocycles. The number of aromatic nitrogens is 1. The maximum atomic E-state index is 11.6. The van der Waals surface area contributed by atoms with Crippen molar-refractivity contribution in [3.8, 4) is 5.75 Å². The lowest BCUT2D eigenvalue weighted by Gasteiger charge is -2.03. The van der Waals surface area contributed by atoms with E-state index in [2.05, 4.69) is 4.98 Å². The lowest BCUT2D eigenvalue weighted by atomic mass is 10.2. The van der Waals surface area contributed by atoms with Crippen LogP contribution in [0.4, 0.5) is 5.69 Å². The van der Waals surface area contributed by atoms with Gasteiger partial charge in [-0.1, -0.05) is 0 Å². The Morgan fingerprint density at radius 1 is 1.19 bits per heavy atom. The van der Waals surface area contributed by atoms with E-state index in [0.717, 1.165) is 0 Å². The maximum Gasteiger partial charge on any atom is 0.343 e. The summed E-state index contributed by atoms with van der Waals surface area (Å²) in [6, 6.07) is 9.91. The second-order valence-electron chi connectivity index (χ2n) is 3.20. The van der Waals surface area contributed by atoms with Crippen molar-refractivity contribution in [3.63, 3.8) is 0 Å². The zero-order chi connectivity index (χ0) is 11.4. The number of pyridine rings is 1. The molecular formula is C12H10N2O2. The van der Waals surface area contributed by atoms with Crippen LogP contribution >= 0.6 is 0 Å². The summed E-state index contributed by atoms with van der Waals surface area (Å²) in [6.07, 6.45) is 3.09. The molecule has 2 aromatic rings. The minimum atomic E-state index is -0.423. The Hall–Kier alpha value is -2.36. The molecule has 4 heteroatoms. The van der Waals surface area contributed by atoms with Crippen molar-refractivity contribution in [2.24, 2.45) is 0 Å². The molecule has 2 N–H and O–H groups in total. The molecule has 0 unspecified atom stereocenters. The monoisotopic (exact) mass is 214 g/mol. The fraction of sp³-hybridized carbons (Fsp3) is 0. The summed E-state index contributed by atoms with van der Waals surface area (Å²) in [5, 5.41) is 0. The van der Waals surface area contributed by atoms with Crippen molar-refractivity contribution >= 4 is 11.7 Å². The second kappa shape index (κ2) is 4.44. The molecule has 16 heavy (non-hydrogen) atoms. The first-order chi connectivity index (χ1) is 7.75. The molecule has 0 aliphatic carbocycles. The van der Waals surface area contributed by atoms with E-state index in [-0.39, 0.29) is 0 Å². The van der Waals surface area contributed by atoms with Crippen molar-refractivity contribution in [1.82, 2.24) is 4.98 Å². The molecular weight excluding hydrogens is 204 g/mol. The molecule has 0 bridgehead atoms. The van der Waals surface area contributed by atoms with Crippen LogP contribution in [0.3, 0.4) is 0 Å². The van der Waals surface area contributed by atoms with Gasteiger partial charge in [0.15, 0.2) is 0 Å². The van der Waals surface area contributed by atoms with Gasteiger partial charge >= 0.3 is 5.97 Å². The van der Waals surface area contributed by atoms with Crippen LogP contribution in [-0.4, -0.2) is 11.0 Å². The number of nitrogen functional groups attached to an aromatic ring is 1. The third-order valence-corrected chi connectivity index (χ3v) is 1.99. The van der Waals surface area contributed by atoms with Crippen LogP contribution in [0.25, 0.3) is 0 Å². The molecule has 1 aromatic heterocycles. The van der Waals surface area contributed by atoms with Crippen molar-refractivity contribution in [1.29, 1.82) is 0 Å². The predicted molar refractivity (Wildman–Crippen MR) is 60.0 cm³/mol. The molecule has 0 fully saturated rings. The fourth-order valence-corrected chi connectivity index (χ4v) is 1.19. The average Bonchev–Trinajstić information content (AvgIpc) is 2.31. The van der Waals surface area contributed by atoms with E-state index in [0.29, 0.717) is 17.0 Å². The van der Waals surface area contributed by atoms with E-state index in [1.807, 2.05) is 0 Å². The number of hydrogen-bond donors (Lipinski definition) is 1. The Balaban J connectivity index is 2.12. The molecule has 0 aliphatic heterocycles. The van der Waals surface area contributed by atoms with Crippen LogP contribution in [0.2, 0.25) is 0 Å². The first-order valence-electron chi connectivity index (χ1n) is 4.73. The summed E-state index contributed by atoms with van der Waals surface area (Å²) >= 11 is 0. The van der Waals surface area contributed by atoms with Gasteiger partial charge < -0.3 is 10.5 Å². The van der Waals surface area contributed by atoms with Crippen molar-refractivity contribution in [2.45, 2.75) is 0 Å². The Bertz CT molecular complexity index is 480. The lowest BCUT2D eigenvalue weighted by molar-refractivity contribution is 0.0734. The van der Waals surface area contributed by atoms with Crippen LogP contribution < -0.4 is 10.5 Å². The zero-order valence-corrected chi connectivity index (χ0v) is 8.46. The van der Waals surface area contributed by atoms with Crippen LogP contribution in [0.15, 0.2) is 48.8 Å². The molecule has 2 rings (SSSR count). The van der Waals surface area contributed by atoms with Gasteiger partial charge in [-0.2, -0.15) is 0 Å². The van der Waals surface area contributed by atoms with E-state index in [1.165, 1.54) is 6.20 Å². The minimum absolute atomic E-state index is 0.421. The van der Waals surface area contributed by atoms with E-state index >= 15 is 0 Å². The first-order valence-corrected chi connectivity index (χ1v) is 4.73. The largest absolute Gasteiger partial charge is 0.421 e. The quantitative estimate of drug-likeness (QED) is 0.612. The Kier molecular flexibility index (Phi) is 2.82. The molecule has 1 heterocycles. The van der Waals surface area contributed by atoms with Gasteiger partial charge in [0, 0.05) is 11.9 Å². The summed E-state index contributed by atoms with van der Waals surface area (Å²) in [5.74, 6) is -0.00248. The highest BCUT2D eigenvalue weighted by molar-refractivity contribution is 5.91. The minimum Gasteiger partial charge on any atom is -0.421 e. The normalized spacial score (nSPS) is 9.75. The molecule has 80 valence electrons. The summed E-state index contributed by atoms with van der Waals surface area (Å²) in [4.78, 5) is 15.5. The van der Waals surface area contributed by atoms with E-state index in [4.69, 9.17) is 10.5 Å². The molecule has 0 spiro atoms. The van der Waals surface area contributed by atoms with Gasteiger partial charge in [-0.25, -0.2) is 4.79 Å². The number of carbonyl (C=O) groups is 1. The molecule has 0 saturated heterocycles. The van der Waals surface area contributed by atoms with E-state index in [1.54, 1.807) is 42.6 Å². The van der Waals surface area contributed by atoms with Gasteiger partial charge in [0.25, 0.3) is 0 Å². The number of esters is 1. The van der Waals surface area contributed by atoms with E-state index in [9.17, 15) is 4.79 Å². The predicted octanol–water partition coefficient (Wildman–Crippen LogP) is 1.88. The number of carbonyl (C=O) groups excluding carboxylic acids is 1. The number of ether oxygens (including phenoxy) is 1. The van der Waals surface area contributed by atoms with Gasteiger partial charge in [-0.3, -0.25) is 4.98 Å². The molecule has 0 aliphatic rings. The van der Waals surface area contributed by atoms with Crippen molar-refractivity contribution in [3.05, 3.63) is 54.4 Å². The van der Waals surface area contributed by atoms with Crippen LogP contribution in [0.1, 0.15) is 10.4 Å². The topological polar surface area (TPSA) is 65.2 Å². The third-order valence-electron chi connectivity index (χ3n) is 1.99. The Morgan fingerprint density at radius 2 is 1.94 bits per heavy atom. The van der Waals surface area contributed by atoms with Gasteiger partial charge in [0.2, 0.25) is 0 Å². The van der Waals surface area contributed by atoms with Crippen LogP contribution in [0.5, 0.6) is 5.75 Å². The number of nitrogens with two attached hydrogens (primary N) is 1. The summed E-state index contributed by atoms with van der Waals surface area (Å²) in [6.45, 7) is 0. The van der Waals surface area contributed by atoms with Gasteiger partial charge in [-0.05, 0) is 36.4 Å². The number of rotatable bonds is 2. The highest BCUT2D eigenvalue weighted by Crippen LogP contribution is 2.11. The molecule has 4 nitrogen and oxygen atoms in total. The highest BCUT2D eigenvalue weighted by Gasteiger charge is 2.07. The second-order valence-corrected chi connectivity index (χ2v) is 3.20. The fourth-order valence-electron chi connectivity index (χ4n) is 1.19. The summed E-state index contributed by atoms with van der Waals surface area (Å²) in [7, 11) is 0. The SMILES string of the molecule is Nc1ccc(C(=O)Oc2cccnc2)cc1. The maximum absolute atomic E-state index is 11.6. The lowest BCUT2D eigenvalue weighted by Crippen LogP contribution is -2.08. The smallest absolute Gasteiger partial charge is 0.343 e. The van der Waals surface area contributed by atoms with Crippen LogP contribution in [0, 0.1) is 0 Å². The highest BCUT2D eigenvalue weighted by atomic mass is 16.5. The van der Waals surface area contributed by atoms with Gasteiger partial charge in [0.1, 0.15) is 5.75 Å². The average molecular weight is 214 g/mol. The number of anilines is 1. The number of hydrogen-bond acceptors (Lipinski definition) is 4.